The highest BCUT2D eigenvalue weighted by atomic mass is 15.3. The van der Waals surface area contributed by atoms with E-state index in [1.807, 2.05) is 0 Å². The highest BCUT2D eigenvalue weighted by molar-refractivity contribution is 7.05. The van der Waals surface area contributed by atoms with Crippen LogP contribution < -0.4 is 0 Å². The van der Waals surface area contributed by atoms with Gasteiger partial charge in [0, 0.05) is 0 Å². The Morgan fingerprint density at radius 2 is 1.06 bits per heavy atom. The van der Waals surface area contributed by atoms with Gasteiger partial charge in [-0.05, 0) is 13.8 Å². The third-order valence-electron chi connectivity index (χ3n) is 2.49. The quantitative estimate of drug-likeness (QED) is 0.504. The van der Waals surface area contributed by atoms with Crippen LogP contribution in [0.3, 0.4) is 0 Å². The molecule has 0 aliphatic rings. The summed E-state index contributed by atoms with van der Waals surface area (Å²) < 4.78 is 1.14. The number of hydrogen-bond donors (Lipinski definition) is 0. The molecule has 0 rings (SSSR count). The maximum atomic E-state index is 8.09. The Kier molecular flexibility index (Phi) is 7.49. The van der Waals surface area contributed by atoms with E-state index in [2.05, 4.69) is 27.9 Å². The Bertz CT molecular complexity index is 306. The average molecular weight is 217 g/mol. The van der Waals surface area contributed by atoms with Gasteiger partial charge in [-0.15, -0.1) is 23.9 Å². The lowest BCUT2D eigenvalue weighted by atomic mass is 9.30. The molecule has 0 aromatic heterocycles. The van der Waals surface area contributed by atoms with Gasteiger partial charge in [0.05, 0.1) is 27.2 Å². The minimum Gasteiger partial charge on any atom is -0.329 e. The van der Waals surface area contributed by atoms with Crippen molar-refractivity contribution in [3.8, 4) is 23.9 Å². The molecule has 0 heterocycles. The van der Waals surface area contributed by atoms with Gasteiger partial charge in [0.1, 0.15) is 0 Å². The molecule has 0 aliphatic carbocycles. The van der Waals surface area contributed by atoms with Gasteiger partial charge < -0.3 is 4.48 Å². The van der Waals surface area contributed by atoms with Crippen LogP contribution in [0.4, 0.5) is 0 Å². The van der Waals surface area contributed by atoms with Crippen LogP contribution in [0.25, 0.3) is 0 Å². The fraction of sp³-hybridized carbons (Fsp3) is 0.600. The van der Waals surface area contributed by atoms with Crippen LogP contribution >= 0.6 is 0 Å². The van der Waals surface area contributed by atoms with Crippen molar-refractivity contribution in [3.05, 3.63) is 0 Å². The van der Waals surface area contributed by atoms with Crippen molar-refractivity contribution >= 4 is 6.15 Å². The Morgan fingerprint density at radius 3 is 1.06 bits per heavy atom. The van der Waals surface area contributed by atoms with E-state index >= 15 is 0 Å². The van der Waals surface area contributed by atoms with Crippen LogP contribution in [0, 0.1) is 44.9 Å². The summed E-state index contributed by atoms with van der Waals surface area (Å²) in [6.45, 7) is 6.89. The van der Waals surface area contributed by atoms with Crippen molar-refractivity contribution in [3.63, 3.8) is 0 Å². The van der Waals surface area contributed by atoms with Crippen molar-refractivity contribution in [2.45, 2.75) is 13.8 Å². The van der Waals surface area contributed by atoms with E-state index in [1.165, 1.54) is 37.0 Å². The Morgan fingerprint density at radius 1 is 0.812 bits per heavy atom. The highest BCUT2D eigenvalue weighted by Gasteiger charge is 2.22. The zero-order chi connectivity index (χ0) is 13.2. The van der Waals surface area contributed by atoms with Gasteiger partial charge in [-0.25, -0.2) is 21.0 Å². The molecule has 0 bridgehead atoms. The third kappa shape index (κ3) is 5.66. The van der Waals surface area contributed by atoms with Crippen molar-refractivity contribution < 1.29 is 4.48 Å². The maximum absolute atomic E-state index is 8.09. The van der Waals surface area contributed by atoms with E-state index < -0.39 is 6.15 Å². The standard InChI is InChI=1S/C6H16N.C4BN4/c1-5-7(3,4)6-2;6-1-5(2-7,3-8)4-9/h5-6H2,1-4H3;/q+1;-1. The molecule has 0 saturated heterocycles. The normalized spacial score (nSPS) is 9.50. The SMILES string of the molecule is CC[N+](C)(C)CC.N#C[B-](C#N)(C#N)C#N. The van der Waals surface area contributed by atoms with Crippen LogP contribution in [0.2, 0.25) is 0 Å². The van der Waals surface area contributed by atoms with Gasteiger partial charge in [0.15, 0.2) is 0 Å². The van der Waals surface area contributed by atoms with Crippen LogP contribution in [0.15, 0.2) is 0 Å². The smallest absolute Gasteiger partial charge is 0.329 e. The highest BCUT2D eigenvalue weighted by Crippen LogP contribution is 1.92. The number of quaternary nitrogens is 1. The summed E-state index contributed by atoms with van der Waals surface area (Å²) >= 11 is 0. The van der Waals surface area contributed by atoms with E-state index in [4.69, 9.17) is 21.0 Å². The predicted molar refractivity (Wildman–Crippen MR) is 61.4 cm³/mol. The largest absolute Gasteiger partial charge is 0.383 e. The van der Waals surface area contributed by atoms with Gasteiger partial charge >= 0.3 is 6.15 Å². The summed E-state index contributed by atoms with van der Waals surface area (Å²) in [5.74, 6) is 5.38. The van der Waals surface area contributed by atoms with Gasteiger partial charge in [0.25, 0.3) is 0 Å². The zero-order valence-corrected chi connectivity index (χ0v) is 10.2. The molecule has 0 aromatic carbocycles. The first-order valence-corrected chi connectivity index (χ1v) is 4.99. The zero-order valence-electron chi connectivity index (χ0n) is 10.2. The van der Waals surface area contributed by atoms with E-state index in [-0.39, 0.29) is 0 Å². The molecule has 0 radical (unpaired) electrons. The summed E-state index contributed by atoms with van der Waals surface area (Å²) in [4.78, 5) is 0. The van der Waals surface area contributed by atoms with Crippen LogP contribution in [-0.4, -0.2) is 37.8 Å². The minimum absolute atomic E-state index is 1.14. The molecule has 0 spiro atoms. The lowest BCUT2D eigenvalue weighted by Gasteiger charge is -2.25. The first-order chi connectivity index (χ1) is 7.36. The summed E-state index contributed by atoms with van der Waals surface area (Å²) in [7, 11) is 4.47. The summed E-state index contributed by atoms with van der Waals surface area (Å²) in [6, 6.07) is 0. The molecule has 6 heteroatoms. The number of nitrogens with zero attached hydrogens (tertiary/aromatic N) is 5. The second-order valence-corrected chi connectivity index (χ2v) is 3.95. The predicted octanol–water partition coefficient (Wildman–Crippen LogP) is 0.789. The number of nitriles is 4. The summed E-state index contributed by atoms with van der Waals surface area (Å²) in [5.41, 5.74) is 0. The fourth-order valence-corrected chi connectivity index (χ4v) is 0.397. The first kappa shape index (κ1) is 16.4. The van der Waals surface area contributed by atoms with Crippen LogP contribution in [-0.2, 0) is 0 Å². The molecular weight excluding hydrogens is 201 g/mol. The number of hydrogen-bond acceptors (Lipinski definition) is 4. The minimum atomic E-state index is -2.72. The number of rotatable bonds is 2. The Hall–Kier alpha value is -2.02. The Balaban J connectivity index is 0. The van der Waals surface area contributed by atoms with Gasteiger partial charge in [-0.2, -0.15) is 0 Å². The molecule has 5 nitrogen and oxygen atoms in total. The molecule has 0 N–H and O–H groups in total. The van der Waals surface area contributed by atoms with E-state index in [1.54, 1.807) is 0 Å². The molecule has 0 amide bonds. The van der Waals surface area contributed by atoms with E-state index in [9.17, 15) is 0 Å². The molecule has 0 atom stereocenters. The Labute approximate surface area is 97.2 Å². The van der Waals surface area contributed by atoms with Gasteiger partial charge in [-0.1, -0.05) is 0 Å². The molecule has 0 aromatic rings. The van der Waals surface area contributed by atoms with Crippen molar-refractivity contribution in [2.75, 3.05) is 27.2 Å². The molecule has 0 unspecified atom stereocenters. The topological polar surface area (TPSA) is 95.2 Å². The summed E-state index contributed by atoms with van der Waals surface area (Å²) in [5, 5.41) is 32.3. The van der Waals surface area contributed by atoms with Crippen molar-refractivity contribution in [1.29, 1.82) is 21.0 Å². The molecular formula is C10H16BN5. The van der Waals surface area contributed by atoms with E-state index in [0.717, 1.165) is 4.48 Å². The third-order valence-corrected chi connectivity index (χ3v) is 2.49. The maximum Gasteiger partial charge on any atom is 0.383 e. The second-order valence-electron chi connectivity index (χ2n) is 3.95. The van der Waals surface area contributed by atoms with Crippen LogP contribution in [0.1, 0.15) is 13.8 Å². The molecule has 16 heavy (non-hydrogen) atoms. The molecule has 0 fully saturated rings. The molecule has 84 valence electrons. The van der Waals surface area contributed by atoms with Crippen LogP contribution in [0.5, 0.6) is 0 Å². The lowest BCUT2D eigenvalue weighted by Crippen LogP contribution is -2.38. The average Bonchev–Trinajstić information content (AvgIpc) is 2.34. The monoisotopic (exact) mass is 217 g/mol. The van der Waals surface area contributed by atoms with Gasteiger partial charge in [-0.3, -0.25) is 0 Å². The first-order valence-electron chi connectivity index (χ1n) is 4.99. The van der Waals surface area contributed by atoms with Crippen molar-refractivity contribution in [1.82, 2.24) is 0 Å². The molecule has 0 aliphatic heterocycles. The fourth-order valence-electron chi connectivity index (χ4n) is 0.397. The molecule has 0 saturated carbocycles. The second kappa shape index (κ2) is 7.30. The van der Waals surface area contributed by atoms with E-state index in [0.29, 0.717) is 0 Å². The van der Waals surface area contributed by atoms with Crippen molar-refractivity contribution in [2.24, 2.45) is 0 Å². The van der Waals surface area contributed by atoms with Gasteiger partial charge in [0.2, 0.25) is 0 Å². The lowest BCUT2D eigenvalue weighted by molar-refractivity contribution is -0.886. The summed E-state index contributed by atoms with van der Waals surface area (Å²) in [6.07, 6.45) is -2.72.